The van der Waals surface area contributed by atoms with Crippen LogP contribution in [0, 0.1) is 0 Å². The predicted octanol–water partition coefficient (Wildman–Crippen LogP) is 3.69. The Balaban J connectivity index is 1.48. The zero-order valence-corrected chi connectivity index (χ0v) is 19.6. The van der Waals surface area contributed by atoms with E-state index in [2.05, 4.69) is 22.8 Å². The van der Waals surface area contributed by atoms with Crippen LogP contribution in [-0.2, 0) is 19.1 Å². The maximum atomic E-state index is 12.4. The van der Waals surface area contributed by atoms with Crippen LogP contribution in [0.2, 0.25) is 0 Å². The van der Waals surface area contributed by atoms with Gasteiger partial charge in [-0.1, -0.05) is 68.3 Å². The molecule has 0 radical (unpaired) electrons. The van der Waals surface area contributed by atoms with Gasteiger partial charge in [-0.15, -0.1) is 0 Å². The van der Waals surface area contributed by atoms with Crippen molar-refractivity contribution in [2.75, 3.05) is 20.3 Å². The van der Waals surface area contributed by atoms with Gasteiger partial charge in [0.15, 0.2) is 0 Å². The van der Waals surface area contributed by atoms with Crippen LogP contribution < -0.4 is 10.6 Å². The fraction of sp³-hybridized carbons (Fsp3) is 0.423. The molecule has 0 saturated heterocycles. The number of carbonyl (C=O) groups excluding carboxylic acids is 2. The lowest BCUT2D eigenvalue weighted by atomic mass is 9.98. The van der Waals surface area contributed by atoms with E-state index >= 15 is 0 Å². The molecule has 0 heterocycles. The third-order valence-electron chi connectivity index (χ3n) is 6.06. The number of benzene rings is 2. The number of alkyl carbamates (subject to hydrolysis) is 1. The fourth-order valence-corrected chi connectivity index (χ4v) is 4.24. The normalized spacial score (nSPS) is 13.9. The number of hydrogen-bond acceptors (Lipinski definition) is 5. The van der Waals surface area contributed by atoms with Crippen molar-refractivity contribution in [3.8, 4) is 11.1 Å². The molecule has 0 spiro atoms. The number of fused-ring (bicyclic) bond motifs is 3. The van der Waals surface area contributed by atoms with Gasteiger partial charge in [-0.3, -0.25) is 4.79 Å². The molecule has 3 N–H and O–H groups in total. The number of rotatable bonds is 12. The van der Waals surface area contributed by atoms with E-state index in [4.69, 9.17) is 9.47 Å². The minimum atomic E-state index is -1.08. The number of unbranched alkanes of at least 4 members (excludes halogenated alkanes) is 1. The Bertz CT molecular complexity index is 963. The first-order chi connectivity index (χ1) is 16.5. The molecule has 8 nitrogen and oxygen atoms in total. The standard InChI is InChI=1S/C26H32N2O6/c1-3-4-13-22(25(30)31)28-24(29)23(33-2)14-15-27-26(32)34-16-21-19-11-7-5-9-17(19)18-10-6-8-12-20(18)21/h5-12,21-23H,3-4,13-16H2,1-2H3,(H,27,32)(H,28,29)(H,30,31)/t22-,23?/m0/s1. The molecule has 0 bridgehead atoms. The van der Waals surface area contributed by atoms with Gasteiger partial charge in [-0.25, -0.2) is 9.59 Å². The van der Waals surface area contributed by atoms with Gasteiger partial charge in [0.2, 0.25) is 5.91 Å². The number of aliphatic carboxylic acids is 1. The number of carbonyl (C=O) groups is 3. The Morgan fingerprint density at radius 1 is 1.00 bits per heavy atom. The van der Waals surface area contributed by atoms with E-state index in [1.54, 1.807) is 0 Å². The maximum absolute atomic E-state index is 12.4. The molecule has 3 rings (SSSR count). The van der Waals surface area contributed by atoms with Crippen molar-refractivity contribution < 1.29 is 29.0 Å². The molecule has 8 heteroatoms. The summed E-state index contributed by atoms with van der Waals surface area (Å²) >= 11 is 0. The first-order valence-corrected chi connectivity index (χ1v) is 11.6. The average Bonchev–Trinajstić information content (AvgIpc) is 3.16. The van der Waals surface area contributed by atoms with Crippen molar-refractivity contribution in [1.82, 2.24) is 10.6 Å². The van der Waals surface area contributed by atoms with E-state index in [0.29, 0.717) is 12.8 Å². The van der Waals surface area contributed by atoms with Crippen molar-refractivity contribution in [2.45, 2.75) is 50.7 Å². The number of amides is 2. The molecule has 2 aromatic carbocycles. The van der Waals surface area contributed by atoms with E-state index in [9.17, 15) is 19.5 Å². The summed E-state index contributed by atoms with van der Waals surface area (Å²) in [5, 5.41) is 14.5. The zero-order chi connectivity index (χ0) is 24.5. The second-order valence-corrected chi connectivity index (χ2v) is 8.31. The molecule has 34 heavy (non-hydrogen) atoms. The van der Waals surface area contributed by atoms with Crippen molar-refractivity contribution in [1.29, 1.82) is 0 Å². The largest absolute Gasteiger partial charge is 0.480 e. The van der Waals surface area contributed by atoms with Crippen LogP contribution >= 0.6 is 0 Å². The highest BCUT2D eigenvalue weighted by atomic mass is 16.5. The van der Waals surface area contributed by atoms with Crippen molar-refractivity contribution in [3.63, 3.8) is 0 Å². The molecular weight excluding hydrogens is 436 g/mol. The Hall–Kier alpha value is -3.39. The summed E-state index contributed by atoms with van der Waals surface area (Å²) in [5.41, 5.74) is 4.56. The number of ether oxygens (including phenoxy) is 2. The van der Waals surface area contributed by atoms with E-state index in [0.717, 1.165) is 28.7 Å². The molecule has 1 unspecified atom stereocenters. The molecule has 0 fully saturated rings. The van der Waals surface area contributed by atoms with E-state index in [-0.39, 0.29) is 25.5 Å². The van der Waals surface area contributed by atoms with Crippen LogP contribution in [0.1, 0.15) is 49.7 Å². The summed E-state index contributed by atoms with van der Waals surface area (Å²) in [4.78, 5) is 36.1. The van der Waals surface area contributed by atoms with E-state index < -0.39 is 30.1 Å². The SMILES string of the molecule is CCCC[C@H](NC(=O)C(CCNC(=O)OCC1c2ccccc2-c2ccccc21)OC)C(=O)O. The van der Waals surface area contributed by atoms with Crippen LogP contribution in [0.5, 0.6) is 0 Å². The first kappa shape index (κ1) is 25.2. The Morgan fingerprint density at radius 3 is 2.18 bits per heavy atom. The Kier molecular flexibility index (Phi) is 9.04. The molecular formula is C26H32N2O6. The van der Waals surface area contributed by atoms with Crippen molar-refractivity contribution in [2.24, 2.45) is 0 Å². The van der Waals surface area contributed by atoms with Gasteiger partial charge in [-0.05, 0) is 28.7 Å². The van der Waals surface area contributed by atoms with Crippen LogP contribution in [-0.4, -0.2) is 55.5 Å². The molecule has 2 amide bonds. The highest BCUT2D eigenvalue weighted by molar-refractivity contribution is 5.86. The highest BCUT2D eigenvalue weighted by Gasteiger charge is 2.29. The molecule has 0 aromatic heterocycles. The molecule has 1 aliphatic rings. The van der Waals surface area contributed by atoms with Gasteiger partial charge in [0.25, 0.3) is 0 Å². The second-order valence-electron chi connectivity index (χ2n) is 8.31. The number of carboxylic acids is 1. The highest BCUT2D eigenvalue weighted by Crippen LogP contribution is 2.44. The quantitative estimate of drug-likeness (QED) is 0.438. The lowest BCUT2D eigenvalue weighted by Crippen LogP contribution is -2.46. The molecule has 2 atom stereocenters. The fourth-order valence-electron chi connectivity index (χ4n) is 4.24. The monoisotopic (exact) mass is 468 g/mol. The summed E-state index contributed by atoms with van der Waals surface area (Å²) in [6, 6.07) is 15.2. The lowest BCUT2D eigenvalue weighted by molar-refractivity contribution is -0.144. The number of methoxy groups -OCH3 is 1. The average molecular weight is 469 g/mol. The van der Waals surface area contributed by atoms with Crippen molar-refractivity contribution >= 4 is 18.0 Å². The van der Waals surface area contributed by atoms with Crippen LogP contribution in [0.15, 0.2) is 48.5 Å². The summed E-state index contributed by atoms with van der Waals surface area (Å²) in [6.45, 7) is 2.30. The first-order valence-electron chi connectivity index (χ1n) is 11.6. The minimum Gasteiger partial charge on any atom is -0.480 e. The van der Waals surface area contributed by atoms with Crippen molar-refractivity contribution in [3.05, 3.63) is 59.7 Å². The Morgan fingerprint density at radius 2 is 1.62 bits per heavy atom. The summed E-state index contributed by atoms with van der Waals surface area (Å²) in [6.07, 6.45) is 0.606. The minimum absolute atomic E-state index is 0.0354. The van der Waals surface area contributed by atoms with Crippen LogP contribution in [0.25, 0.3) is 11.1 Å². The van der Waals surface area contributed by atoms with E-state index in [1.165, 1.54) is 7.11 Å². The molecule has 0 aliphatic heterocycles. The third-order valence-corrected chi connectivity index (χ3v) is 6.06. The van der Waals surface area contributed by atoms with Gasteiger partial charge in [0.05, 0.1) is 0 Å². The Labute approximate surface area is 199 Å². The molecule has 182 valence electrons. The second kappa shape index (κ2) is 12.2. The number of nitrogens with one attached hydrogen (secondary N) is 2. The topological polar surface area (TPSA) is 114 Å². The maximum Gasteiger partial charge on any atom is 0.407 e. The molecule has 2 aromatic rings. The van der Waals surface area contributed by atoms with Gasteiger partial charge < -0.3 is 25.2 Å². The van der Waals surface area contributed by atoms with Gasteiger partial charge in [0, 0.05) is 26.0 Å². The van der Waals surface area contributed by atoms with Gasteiger partial charge >= 0.3 is 12.1 Å². The smallest absolute Gasteiger partial charge is 0.407 e. The summed E-state index contributed by atoms with van der Waals surface area (Å²) in [5.74, 6) is -1.62. The third kappa shape index (κ3) is 6.14. The van der Waals surface area contributed by atoms with Crippen LogP contribution in [0.3, 0.4) is 0 Å². The van der Waals surface area contributed by atoms with Crippen LogP contribution in [0.4, 0.5) is 4.79 Å². The van der Waals surface area contributed by atoms with Gasteiger partial charge in [0.1, 0.15) is 18.8 Å². The van der Waals surface area contributed by atoms with E-state index in [1.807, 2.05) is 43.3 Å². The molecule has 0 saturated carbocycles. The number of hydrogen-bond donors (Lipinski definition) is 3. The predicted molar refractivity (Wildman–Crippen MR) is 128 cm³/mol. The summed E-state index contributed by atoms with van der Waals surface area (Å²) < 4.78 is 10.7. The lowest BCUT2D eigenvalue weighted by Gasteiger charge is -2.19. The zero-order valence-electron chi connectivity index (χ0n) is 19.6. The number of carboxylic acid groups (broad SMARTS) is 1. The molecule has 1 aliphatic carbocycles. The van der Waals surface area contributed by atoms with Gasteiger partial charge in [-0.2, -0.15) is 0 Å². The summed E-state index contributed by atoms with van der Waals surface area (Å²) in [7, 11) is 1.37.